The fraction of sp³-hybridized carbons (Fsp3) is 0.588. The molecule has 0 bridgehead atoms. The van der Waals surface area contributed by atoms with Gasteiger partial charge in [0.15, 0.2) is 6.10 Å². The van der Waals surface area contributed by atoms with E-state index in [0.29, 0.717) is 19.1 Å². The predicted octanol–water partition coefficient (Wildman–Crippen LogP) is 2.29. The van der Waals surface area contributed by atoms with Crippen LogP contribution in [0.25, 0.3) is 0 Å². The van der Waals surface area contributed by atoms with Crippen molar-refractivity contribution in [2.45, 2.75) is 51.7 Å². The van der Waals surface area contributed by atoms with Gasteiger partial charge in [-0.1, -0.05) is 6.07 Å². The Morgan fingerprint density at radius 3 is 2.90 bits per heavy atom. The maximum atomic E-state index is 12.2. The number of benzene rings is 1. The zero-order valence-corrected chi connectivity index (χ0v) is 12.8. The standard InChI is InChI=1S/C17H23NO3/c1-11-8-13-10-16(21-15(13)9-12(11)2)17(19)18-6-5-14-4-3-7-20-14/h8-9,14,16H,3-7,10H2,1-2H3,(H,18,19)/t14-,16+/m1/s1. The Balaban J connectivity index is 1.50. The average Bonchev–Trinajstić information content (AvgIpc) is 3.08. The van der Waals surface area contributed by atoms with Crippen LogP contribution in [0.3, 0.4) is 0 Å². The number of nitrogens with one attached hydrogen (secondary N) is 1. The molecule has 2 aliphatic rings. The smallest absolute Gasteiger partial charge is 0.261 e. The van der Waals surface area contributed by atoms with E-state index >= 15 is 0 Å². The van der Waals surface area contributed by atoms with Gasteiger partial charge in [-0.3, -0.25) is 4.79 Å². The Kier molecular flexibility index (Phi) is 4.15. The van der Waals surface area contributed by atoms with Crippen LogP contribution in [-0.4, -0.2) is 31.3 Å². The quantitative estimate of drug-likeness (QED) is 0.925. The van der Waals surface area contributed by atoms with Crippen LogP contribution in [-0.2, 0) is 16.0 Å². The van der Waals surface area contributed by atoms with E-state index in [4.69, 9.17) is 9.47 Å². The molecule has 1 saturated heterocycles. The molecule has 0 radical (unpaired) electrons. The van der Waals surface area contributed by atoms with Gasteiger partial charge in [-0.25, -0.2) is 0 Å². The molecule has 21 heavy (non-hydrogen) atoms. The minimum absolute atomic E-state index is 0.0143. The molecule has 1 aromatic rings. The molecule has 1 aromatic carbocycles. The number of rotatable bonds is 4. The highest BCUT2D eigenvalue weighted by atomic mass is 16.5. The molecule has 0 spiro atoms. The third-order valence-electron chi connectivity index (χ3n) is 4.43. The summed E-state index contributed by atoms with van der Waals surface area (Å²) < 4.78 is 11.3. The number of hydrogen-bond acceptors (Lipinski definition) is 3. The molecule has 114 valence electrons. The van der Waals surface area contributed by atoms with Crippen LogP contribution in [0.5, 0.6) is 5.75 Å². The monoisotopic (exact) mass is 289 g/mol. The van der Waals surface area contributed by atoms with Crippen molar-refractivity contribution in [3.05, 3.63) is 28.8 Å². The lowest BCUT2D eigenvalue weighted by atomic mass is 10.0. The molecule has 0 saturated carbocycles. The van der Waals surface area contributed by atoms with E-state index in [1.807, 2.05) is 6.07 Å². The zero-order valence-electron chi connectivity index (χ0n) is 12.8. The van der Waals surface area contributed by atoms with E-state index in [1.165, 1.54) is 11.1 Å². The lowest BCUT2D eigenvalue weighted by Crippen LogP contribution is -2.38. The molecule has 1 fully saturated rings. The summed E-state index contributed by atoms with van der Waals surface area (Å²) in [6.45, 7) is 5.68. The fourth-order valence-corrected chi connectivity index (χ4v) is 3.00. The van der Waals surface area contributed by atoms with E-state index in [9.17, 15) is 4.79 Å². The Labute approximate surface area is 125 Å². The normalized spacial score (nSPS) is 23.7. The van der Waals surface area contributed by atoms with Crippen LogP contribution in [0.2, 0.25) is 0 Å². The largest absolute Gasteiger partial charge is 0.480 e. The third kappa shape index (κ3) is 3.21. The van der Waals surface area contributed by atoms with Gasteiger partial charge in [0.2, 0.25) is 0 Å². The van der Waals surface area contributed by atoms with Crippen molar-refractivity contribution in [1.82, 2.24) is 5.32 Å². The molecule has 4 nitrogen and oxygen atoms in total. The van der Waals surface area contributed by atoms with Gasteiger partial charge in [0.05, 0.1) is 6.10 Å². The summed E-state index contributed by atoms with van der Waals surface area (Å²) in [5.74, 6) is 0.844. The number of carbonyl (C=O) groups is 1. The van der Waals surface area contributed by atoms with Crippen LogP contribution >= 0.6 is 0 Å². The molecule has 0 aliphatic carbocycles. The van der Waals surface area contributed by atoms with Crippen LogP contribution in [0.15, 0.2) is 12.1 Å². The fourth-order valence-electron chi connectivity index (χ4n) is 3.00. The number of ether oxygens (including phenoxy) is 2. The first-order valence-corrected chi connectivity index (χ1v) is 7.79. The first-order chi connectivity index (χ1) is 10.1. The summed E-state index contributed by atoms with van der Waals surface area (Å²) in [7, 11) is 0. The van der Waals surface area contributed by atoms with Crippen molar-refractivity contribution >= 4 is 5.91 Å². The minimum atomic E-state index is -0.384. The van der Waals surface area contributed by atoms with Gasteiger partial charge in [-0.2, -0.15) is 0 Å². The second kappa shape index (κ2) is 6.06. The summed E-state index contributed by atoms with van der Waals surface area (Å²) >= 11 is 0. The number of amides is 1. The second-order valence-corrected chi connectivity index (χ2v) is 6.07. The molecule has 4 heteroatoms. The van der Waals surface area contributed by atoms with Crippen molar-refractivity contribution < 1.29 is 14.3 Å². The van der Waals surface area contributed by atoms with E-state index in [1.54, 1.807) is 0 Å². The molecule has 1 amide bonds. The van der Waals surface area contributed by atoms with E-state index in [0.717, 1.165) is 37.2 Å². The first-order valence-electron chi connectivity index (χ1n) is 7.79. The van der Waals surface area contributed by atoms with Gasteiger partial charge >= 0.3 is 0 Å². The molecule has 0 unspecified atom stereocenters. The topological polar surface area (TPSA) is 47.6 Å². The first kappa shape index (κ1) is 14.4. The third-order valence-corrected chi connectivity index (χ3v) is 4.43. The highest BCUT2D eigenvalue weighted by molar-refractivity contribution is 5.82. The van der Waals surface area contributed by atoms with Crippen LogP contribution in [0.4, 0.5) is 0 Å². The van der Waals surface area contributed by atoms with Gasteiger partial charge in [-0.05, 0) is 55.9 Å². The molecule has 2 atom stereocenters. The maximum Gasteiger partial charge on any atom is 0.261 e. The van der Waals surface area contributed by atoms with Gasteiger partial charge in [-0.15, -0.1) is 0 Å². The number of aryl methyl sites for hydroxylation is 2. The van der Waals surface area contributed by atoms with Gasteiger partial charge in [0.1, 0.15) is 5.75 Å². The van der Waals surface area contributed by atoms with Crippen molar-refractivity contribution in [3.8, 4) is 5.75 Å². The highest BCUT2D eigenvalue weighted by Gasteiger charge is 2.29. The molecular weight excluding hydrogens is 266 g/mol. The van der Waals surface area contributed by atoms with E-state index < -0.39 is 0 Å². The second-order valence-electron chi connectivity index (χ2n) is 6.07. The number of hydrogen-bond donors (Lipinski definition) is 1. The Hall–Kier alpha value is -1.55. The van der Waals surface area contributed by atoms with Crippen molar-refractivity contribution in [2.24, 2.45) is 0 Å². The lowest BCUT2D eigenvalue weighted by molar-refractivity contribution is -0.127. The SMILES string of the molecule is Cc1cc2c(cc1C)O[C@H](C(=O)NCC[C@H]1CCCO1)C2. The lowest BCUT2D eigenvalue weighted by Gasteiger charge is -2.13. The Morgan fingerprint density at radius 2 is 2.14 bits per heavy atom. The molecule has 3 rings (SSSR count). The molecule has 1 N–H and O–H groups in total. The van der Waals surface area contributed by atoms with Crippen molar-refractivity contribution in [1.29, 1.82) is 0 Å². The van der Waals surface area contributed by atoms with Crippen molar-refractivity contribution in [3.63, 3.8) is 0 Å². The zero-order chi connectivity index (χ0) is 14.8. The maximum absolute atomic E-state index is 12.2. The summed E-state index contributed by atoms with van der Waals surface area (Å²) in [6, 6.07) is 4.16. The van der Waals surface area contributed by atoms with Crippen molar-refractivity contribution in [2.75, 3.05) is 13.2 Å². The van der Waals surface area contributed by atoms with Crippen LogP contribution < -0.4 is 10.1 Å². The molecule has 2 heterocycles. The predicted molar refractivity (Wildman–Crippen MR) is 80.6 cm³/mol. The molecular formula is C17H23NO3. The average molecular weight is 289 g/mol. The summed E-state index contributed by atoms with van der Waals surface area (Å²) in [6.07, 6.45) is 3.74. The van der Waals surface area contributed by atoms with Crippen LogP contribution in [0, 0.1) is 13.8 Å². The summed E-state index contributed by atoms with van der Waals surface area (Å²) in [4.78, 5) is 12.2. The van der Waals surface area contributed by atoms with Gasteiger partial charge < -0.3 is 14.8 Å². The van der Waals surface area contributed by atoms with E-state index in [2.05, 4.69) is 25.2 Å². The summed E-state index contributed by atoms with van der Waals surface area (Å²) in [5.41, 5.74) is 3.59. The van der Waals surface area contributed by atoms with Crippen LogP contribution in [0.1, 0.15) is 36.0 Å². The Morgan fingerprint density at radius 1 is 1.33 bits per heavy atom. The van der Waals surface area contributed by atoms with E-state index in [-0.39, 0.29) is 12.0 Å². The Bertz CT molecular complexity index is 504. The molecule has 0 aromatic heterocycles. The van der Waals surface area contributed by atoms with Gasteiger partial charge in [0.25, 0.3) is 5.91 Å². The van der Waals surface area contributed by atoms with Gasteiger partial charge in [0, 0.05) is 19.6 Å². The highest BCUT2D eigenvalue weighted by Crippen LogP contribution is 2.31. The summed E-state index contributed by atoms with van der Waals surface area (Å²) in [5, 5.41) is 2.97. The minimum Gasteiger partial charge on any atom is -0.480 e. The molecule has 2 aliphatic heterocycles. The number of carbonyl (C=O) groups excluding carboxylic acids is 1. The number of fused-ring (bicyclic) bond motifs is 1.